The standard InChI is InChI=1S/C24H28N4O3/c29-22(25-19-12-15-27(16-13-19)17-18-7-2-1-3-8-18)11-6-14-28-23(30)20-9-4-5-10-21(20)26-24(28)31/h1-5,7-10,19H,6,11-17H2,(H,25,29)(H,26,31). The molecule has 0 spiro atoms. The predicted molar refractivity (Wildman–Crippen MR) is 121 cm³/mol. The summed E-state index contributed by atoms with van der Waals surface area (Å²) in [5, 5.41) is 3.59. The molecule has 2 N–H and O–H groups in total. The number of benzene rings is 2. The minimum Gasteiger partial charge on any atom is -0.353 e. The van der Waals surface area contributed by atoms with E-state index in [0.717, 1.165) is 32.5 Å². The first-order chi connectivity index (χ1) is 15.1. The maximum atomic E-state index is 12.5. The quantitative estimate of drug-likeness (QED) is 0.614. The lowest BCUT2D eigenvalue weighted by molar-refractivity contribution is -0.122. The molecule has 7 heteroatoms. The average molecular weight is 421 g/mol. The molecule has 31 heavy (non-hydrogen) atoms. The number of hydrogen-bond donors (Lipinski definition) is 2. The summed E-state index contributed by atoms with van der Waals surface area (Å²) in [4.78, 5) is 42.2. The third-order valence-electron chi connectivity index (χ3n) is 5.88. The van der Waals surface area contributed by atoms with Gasteiger partial charge in [0.2, 0.25) is 5.91 Å². The average Bonchev–Trinajstić information content (AvgIpc) is 2.78. The Hall–Kier alpha value is -3.19. The maximum Gasteiger partial charge on any atom is 0.328 e. The molecule has 0 aliphatic carbocycles. The Morgan fingerprint density at radius 3 is 2.48 bits per heavy atom. The van der Waals surface area contributed by atoms with Gasteiger partial charge in [-0.25, -0.2) is 4.79 Å². The van der Waals surface area contributed by atoms with Crippen LogP contribution >= 0.6 is 0 Å². The van der Waals surface area contributed by atoms with Crippen LogP contribution in [-0.2, 0) is 17.9 Å². The first kappa shape index (κ1) is 21.1. The van der Waals surface area contributed by atoms with Gasteiger partial charge in [0.15, 0.2) is 0 Å². The van der Waals surface area contributed by atoms with Gasteiger partial charge >= 0.3 is 5.69 Å². The molecule has 4 rings (SSSR count). The summed E-state index contributed by atoms with van der Waals surface area (Å²) >= 11 is 0. The van der Waals surface area contributed by atoms with Crippen LogP contribution in [0.15, 0.2) is 64.2 Å². The Kier molecular flexibility index (Phi) is 6.62. The van der Waals surface area contributed by atoms with E-state index in [4.69, 9.17) is 0 Å². The van der Waals surface area contributed by atoms with Crippen molar-refractivity contribution in [2.75, 3.05) is 13.1 Å². The molecule has 1 aliphatic heterocycles. The van der Waals surface area contributed by atoms with E-state index in [1.54, 1.807) is 24.3 Å². The van der Waals surface area contributed by atoms with E-state index in [1.165, 1.54) is 10.1 Å². The van der Waals surface area contributed by atoms with Crippen LogP contribution in [-0.4, -0.2) is 39.5 Å². The topological polar surface area (TPSA) is 87.2 Å². The number of rotatable bonds is 7. The summed E-state index contributed by atoms with van der Waals surface area (Å²) in [7, 11) is 0. The molecule has 0 radical (unpaired) electrons. The van der Waals surface area contributed by atoms with Gasteiger partial charge in [-0.1, -0.05) is 42.5 Å². The normalized spacial score (nSPS) is 15.2. The smallest absolute Gasteiger partial charge is 0.328 e. The number of para-hydroxylation sites is 1. The minimum atomic E-state index is -0.435. The van der Waals surface area contributed by atoms with Crippen molar-refractivity contribution in [2.45, 2.75) is 44.8 Å². The first-order valence-electron chi connectivity index (χ1n) is 10.9. The van der Waals surface area contributed by atoms with Crippen LogP contribution in [0.3, 0.4) is 0 Å². The van der Waals surface area contributed by atoms with Gasteiger partial charge in [-0.15, -0.1) is 0 Å². The van der Waals surface area contributed by atoms with Crippen LogP contribution in [0.1, 0.15) is 31.2 Å². The fourth-order valence-electron chi connectivity index (χ4n) is 4.18. The van der Waals surface area contributed by atoms with Gasteiger partial charge in [0.1, 0.15) is 0 Å². The molecule has 0 atom stereocenters. The van der Waals surface area contributed by atoms with E-state index in [1.807, 2.05) is 6.07 Å². The van der Waals surface area contributed by atoms with Gasteiger partial charge < -0.3 is 10.3 Å². The Morgan fingerprint density at radius 2 is 1.71 bits per heavy atom. The molecule has 0 saturated carbocycles. The molecule has 2 aromatic carbocycles. The number of H-pyrrole nitrogens is 1. The lowest BCUT2D eigenvalue weighted by atomic mass is 10.0. The van der Waals surface area contributed by atoms with Gasteiger partial charge in [-0.05, 0) is 37.0 Å². The number of carbonyl (C=O) groups is 1. The van der Waals surface area contributed by atoms with Crippen molar-refractivity contribution in [3.05, 3.63) is 81.0 Å². The second-order valence-electron chi connectivity index (χ2n) is 8.14. The van der Waals surface area contributed by atoms with Gasteiger partial charge in [-0.3, -0.25) is 19.1 Å². The molecule has 162 valence electrons. The van der Waals surface area contributed by atoms with E-state index in [0.29, 0.717) is 23.7 Å². The molecule has 0 unspecified atom stereocenters. The van der Waals surface area contributed by atoms with Crippen LogP contribution in [0.2, 0.25) is 0 Å². The highest BCUT2D eigenvalue weighted by Gasteiger charge is 2.20. The number of fused-ring (bicyclic) bond motifs is 1. The minimum absolute atomic E-state index is 0.0215. The zero-order valence-corrected chi connectivity index (χ0v) is 17.5. The monoisotopic (exact) mass is 420 g/mol. The van der Waals surface area contributed by atoms with E-state index in [-0.39, 0.29) is 24.1 Å². The predicted octanol–water partition coefficient (Wildman–Crippen LogP) is 2.25. The molecular formula is C24H28N4O3. The van der Waals surface area contributed by atoms with Crippen molar-refractivity contribution in [2.24, 2.45) is 0 Å². The van der Waals surface area contributed by atoms with Gasteiger partial charge in [0, 0.05) is 38.6 Å². The fourth-order valence-corrected chi connectivity index (χ4v) is 4.18. The van der Waals surface area contributed by atoms with Crippen LogP contribution < -0.4 is 16.6 Å². The van der Waals surface area contributed by atoms with E-state index in [9.17, 15) is 14.4 Å². The highest BCUT2D eigenvalue weighted by molar-refractivity contribution is 5.77. The summed E-state index contributed by atoms with van der Waals surface area (Å²) in [6.07, 6.45) is 2.60. The molecule has 1 fully saturated rings. The molecule has 1 amide bonds. The van der Waals surface area contributed by atoms with Crippen molar-refractivity contribution in [1.82, 2.24) is 19.8 Å². The zero-order chi connectivity index (χ0) is 21.6. The number of likely N-dealkylation sites (tertiary alicyclic amines) is 1. The van der Waals surface area contributed by atoms with E-state index < -0.39 is 5.69 Å². The molecule has 1 aliphatic rings. The maximum absolute atomic E-state index is 12.5. The summed E-state index contributed by atoms with van der Waals surface area (Å²) in [5.74, 6) is -0.0215. The van der Waals surface area contributed by atoms with Crippen molar-refractivity contribution in [1.29, 1.82) is 0 Å². The van der Waals surface area contributed by atoms with E-state index in [2.05, 4.69) is 39.5 Å². The third kappa shape index (κ3) is 5.30. The number of amides is 1. The van der Waals surface area contributed by atoms with Crippen molar-refractivity contribution in [3.63, 3.8) is 0 Å². The number of carbonyl (C=O) groups excluding carboxylic acids is 1. The second-order valence-corrected chi connectivity index (χ2v) is 8.14. The number of nitrogens with zero attached hydrogens (tertiary/aromatic N) is 2. The van der Waals surface area contributed by atoms with Crippen LogP contribution in [0.4, 0.5) is 0 Å². The highest BCUT2D eigenvalue weighted by Crippen LogP contribution is 2.14. The summed E-state index contributed by atoms with van der Waals surface area (Å²) in [6.45, 7) is 3.09. The summed E-state index contributed by atoms with van der Waals surface area (Å²) < 4.78 is 1.18. The van der Waals surface area contributed by atoms with Gasteiger partial charge in [-0.2, -0.15) is 0 Å². The van der Waals surface area contributed by atoms with Crippen molar-refractivity contribution >= 4 is 16.8 Å². The Balaban J connectivity index is 1.23. The van der Waals surface area contributed by atoms with Crippen LogP contribution in [0.25, 0.3) is 10.9 Å². The number of piperidine rings is 1. The SMILES string of the molecule is O=C(CCCn1c(=O)[nH]c2ccccc2c1=O)NC1CCN(Cc2ccccc2)CC1. The molecular weight excluding hydrogens is 392 g/mol. The van der Waals surface area contributed by atoms with Crippen LogP contribution in [0.5, 0.6) is 0 Å². The number of aromatic nitrogens is 2. The second kappa shape index (κ2) is 9.75. The highest BCUT2D eigenvalue weighted by atomic mass is 16.2. The Labute approximate surface area is 180 Å². The molecule has 0 bridgehead atoms. The summed E-state index contributed by atoms with van der Waals surface area (Å²) in [5.41, 5.74) is 1.09. The third-order valence-corrected chi connectivity index (χ3v) is 5.88. The number of hydrogen-bond acceptors (Lipinski definition) is 4. The number of nitrogens with one attached hydrogen (secondary N) is 2. The van der Waals surface area contributed by atoms with E-state index >= 15 is 0 Å². The Bertz CT molecular complexity index is 1140. The molecule has 2 heterocycles. The lowest BCUT2D eigenvalue weighted by Crippen LogP contribution is -2.44. The molecule has 1 aromatic heterocycles. The fraction of sp³-hybridized carbons (Fsp3) is 0.375. The van der Waals surface area contributed by atoms with Gasteiger partial charge in [0.05, 0.1) is 10.9 Å². The van der Waals surface area contributed by atoms with Crippen LogP contribution in [0, 0.1) is 0 Å². The zero-order valence-electron chi connectivity index (χ0n) is 17.5. The van der Waals surface area contributed by atoms with Crippen molar-refractivity contribution < 1.29 is 4.79 Å². The largest absolute Gasteiger partial charge is 0.353 e. The molecule has 7 nitrogen and oxygen atoms in total. The summed E-state index contributed by atoms with van der Waals surface area (Å²) in [6, 6.07) is 17.6. The number of aromatic amines is 1. The first-order valence-corrected chi connectivity index (χ1v) is 10.9. The molecule has 1 saturated heterocycles. The van der Waals surface area contributed by atoms with Crippen molar-refractivity contribution in [3.8, 4) is 0 Å². The van der Waals surface area contributed by atoms with Gasteiger partial charge in [0.25, 0.3) is 5.56 Å². The molecule has 3 aromatic rings. The Morgan fingerprint density at radius 1 is 1.00 bits per heavy atom. The lowest BCUT2D eigenvalue weighted by Gasteiger charge is -2.32.